The molecule has 9 aromatic rings. The summed E-state index contributed by atoms with van der Waals surface area (Å²) in [6, 6.07) is 20.9. The number of hydrogen-bond acceptors (Lipinski definition) is 12. The highest BCUT2D eigenvalue weighted by Crippen LogP contribution is 2.33. The fourth-order valence-electron chi connectivity index (χ4n) is 8.58. The van der Waals surface area contributed by atoms with Crippen molar-refractivity contribution in [3.05, 3.63) is 128 Å². The minimum absolute atomic E-state index is 0.379. The molecule has 0 amide bonds. The Morgan fingerprint density at radius 3 is 1.72 bits per heavy atom. The van der Waals surface area contributed by atoms with E-state index in [9.17, 15) is 0 Å². The predicted molar refractivity (Wildman–Crippen MR) is 251 cm³/mol. The molecule has 17 nitrogen and oxygen atoms in total. The zero-order chi connectivity index (χ0) is 43.6. The summed E-state index contributed by atoms with van der Waals surface area (Å²) in [7, 11) is 7.94. The highest BCUT2D eigenvalue weighted by atomic mass is 15.3. The quantitative estimate of drug-likeness (QED) is 0.112. The number of fused-ring (bicyclic) bond motifs is 2. The summed E-state index contributed by atoms with van der Waals surface area (Å²) in [6.07, 6.45) is 21.6. The average molecular weight is 856 g/mol. The Hall–Kier alpha value is -7.37. The number of imidazole rings is 1. The van der Waals surface area contributed by atoms with E-state index in [0.717, 1.165) is 125 Å². The zero-order valence-electron chi connectivity index (χ0n) is 36.6. The van der Waals surface area contributed by atoms with Gasteiger partial charge in [-0.05, 0) is 81.2 Å². The summed E-state index contributed by atoms with van der Waals surface area (Å²) in [5, 5.41) is 32.2. The molecule has 0 radical (unpaired) electrons. The molecule has 2 atom stereocenters. The van der Waals surface area contributed by atoms with Gasteiger partial charge >= 0.3 is 0 Å². The van der Waals surface area contributed by atoms with Crippen LogP contribution in [0.5, 0.6) is 0 Å². The van der Waals surface area contributed by atoms with Crippen LogP contribution in [0.3, 0.4) is 0 Å². The van der Waals surface area contributed by atoms with Crippen LogP contribution in [0.2, 0.25) is 0 Å². The molecule has 0 aliphatic carbocycles. The molecule has 326 valence electrons. The molecule has 0 spiro atoms. The summed E-state index contributed by atoms with van der Waals surface area (Å²) in [4.78, 5) is 16.4. The van der Waals surface area contributed by atoms with E-state index in [0.29, 0.717) is 11.8 Å². The van der Waals surface area contributed by atoms with Crippen LogP contribution in [0.15, 0.2) is 117 Å². The fraction of sp³-hybridized carbons (Fsp3) is 0.298. The van der Waals surface area contributed by atoms with Gasteiger partial charge in [0.2, 0.25) is 0 Å². The Morgan fingerprint density at radius 2 is 1.23 bits per heavy atom. The second kappa shape index (κ2) is 17.8. The standard InChI is InChI=1S/C24H25N9.C23H28N8/c1-31-15-18(13-27-31)21-14-28-33-23(11-22(30-24(21)33)17-3-2-8-25-12-17)29-19-4-6-20(7-5-19)32-10-9-26-16-32;1-29(2)19-8-4-7-18(10-19)27-22-11-21(16-6-5-9-24-12-16)28-23-20(14-26-31(22)23)17-13-25-30(3)15-17/h4-7,9-11,13-17,25,29H,2-3,8,12H2,1H3;4,7-8,10-11,13-16,24,27H,5-6,9,12H2,1-3H3. The Bertz CT molecular complexity index is 2980. The molecular weight excluding hydrogens is 803 g/mol. The van der Waals surface area contributed by atoms with Gasteiger partial charge in [-0.1, -0.05) is 6.07 Å². The highest BCUT2D eigenvalue weighted by Gasteiger charge is 2.23. The number of rotatable bonds is 10. The number of piperidine rings is 2. The smallest absolute Gasteiger partial charge is 0.165 e. The first kappa shape index (κ1) is 40.7. The van der Waals surface area contributed by atoms with Crippen molar-refractivity contribution in [3.8, 4) is 27.9 Å². The van der Waals surface area contributed by atoms with Gasteiger partial charge in [-0.3, -0.25) is 9.36 Å². The van der Waals surface area contributed by atoms with Crippen LogP contribution in [-0.2, 0) is 14.1 Å². The summed E-state index contributed by atoms with van der Waals surface area (Å²) in [5.41, 5.74) is 12.1. The van der Waals surface area contributed by atoms with Crippen LogP contribution in [-0.4, -0.2) is 98.6 Å². The number of nitrogens with one attached hydrogen (secondary N) is 4. The van der Waals surface area contributed by atoms with Crippen LogP contribution < -0.4 is 26.2 Å². The third-order valence-corrected chi connectivity index (χ3v) is 12.0. The third kappa shape index (κ3) is 8.54. The third-order valence-electron chi connectivity index (χ3n) is 12.0. The Labute approximate surface area is 371 Å². The lowest BCUT2D eigenvalue weighted by atomic mass is 9.96. The van der Waals surface area contributed by atoms with Crippen LogP contribution in [0, 0.1) is 0 Å². The van der Waals surface area contributed by atoms with E-state index in [-0.39, 0.29) is 0 Å². The second-order valence-corrected chi connectivity index (χ2v) is 16.8. The Balaban J connectivity index is 0.000000152. The van der Waals surface area contributed by atoms with E-state index >= 15 is 0 Å². The lowest BCUT2D eigenvalue weighted by Gasteiger charge is -2.23. The van der Waals surface area contributed by atoms with Crippen LogP contribution in [0.1, 0.15) is 48.9 Å². The van der Waals surface area contributed by atoms with Crippen molar-refractivity contribution in [2.24, 2.45) is 14.1 Å². The van der Waals surface area contributed by atoms with Crippen molar-refractivity contribution in [3.63, 3.8) is 0 Å². The van der Waals surface area contributed by atoms with E-state index in [1.807, 2.05) is 85.2 Å². The lowest BCUT2D eigenvalue weighted by molar-refractivity contribution is 0.455. The number of aromatic nitrogens is 12. The largest absolute Gasteiger partial charge is 0.378 e. The fourth-order valence-corrected chi connectivity index (χ4v) is 8.58. The minimum Gasteiger partial charge on any atom is -0.378 e. The van der Waals surface area contributed by atoms with Gasteiger partial charge in [-0.2, -0.15) is 29.4 Å². The van der Waals surface area contributed by atoms with Crippen molar-refractivity contribution in [2.75, 3.05) is 55.8 Å². The van der Waals surface area contributed by atoms with Gasteiger partial charge in [-0.25, -0.2) is 15.0 Å². The maximum Gasteiger partial charge on any atom is 0.165 e. The molecule has 0 bridgehead atoms. The molecule has 7 aromatic heterocycles. The predicted octanol–water partition coefficient (Wildman–Crippen LogP) is 6.93. The highest BCUT2D eigenvalue weighted by molar-refractivity contribution is 5.79. The number of anilines is 5. The Morgan fingerprint density at radius 1 is 0.656 bits per heavy atom. The summed E-state index contributed by atoms with van der Waals surface area (Å²) < 4.78 is 9.36. The number of hydrogen-bond donors (Lipinski definition) is 4. The van der Waals surface area contributed by atoms with Gasteiger partial charge in [0.25, 0.3) is 0 Å². The van der Waals surface area contributed by atoms with Gasteiger partial charge in [0.05, 0.1) is 42.5 Å². The molecule has 2 aliphatic heterocycles. The molecule has 4 N–H and O–H groups in total. The molecule has 64 heavy (non-hydrogen) atoms. The van der Waals surface area contributed by atoms with Crippen molar-refractivity contribution >= 4 is 40.0 Å². The Kier molecular flexibility index (Phi) is 11.3. The van der Waals surface area contributed by atoms with Crippen molar-refractivity contribution < 1.29 is 0 Å². The molecule has 2 aromatic carbocycles. The molecule has 2 fully saturated rings. The summed E-state index contributed by atoms with van der Waals surface area (Å²) in [5.74, 6) is 2.58. The van der Waals surface area contributed by atoms with Gasteiger partial charge < -0.3 is 30.7 Å². The molecule has 2 unspecified atom stereocenters. The first-order valence-electron chi connectivity index (χ1n) is 21.9. The van der Waals surface area contributed by atoms with E-state index in [2.05, 4.69) is 112 Å². The van der Waals surface area contributed by atoms with Gasteiger partial charge in [-0.15, -0.1) is 0 Å². The van der Waals surface area contributed by atoms with Gasteiger partial charge in [0.1, 0.15) is 11.6 Å². The van der Waals surface area contributed by atoms with Crippen LogP contribution in [0.4, 0.5) is 28.7 Å². The molecule has 9 heterocycles. The van der Waals surface area contributed by atoms with E-state index in [1.54, 1.807) is 21.9 Å². The molecule has 2 saturated heterocycles. The molecule has 11 rings (SSSR count). The number of nitrogens with zero attached hydrogens (tertiary/aromatic N) is 13. The van der Waals surface area contributed by atoms with Crippen molar-refractivity contribution in [1.29, 1.82) is 0 Å². The number of benzene rings is 2. The van der Waals surface area contributed by atoms with Gasteiger partial charge in [0, 0.05) is 135 Å². The zero-order valence-corrected chi connectivity index (χ0v) is 36.6. The van der Waals surface area contributed by atoms with Crippen LogP contribution >= 0.6 is 0 Å². The topological polar surface area (TPSA) is 165 Å². The first-order valence-corrected chi connectivity index (χ1v) is 21.9. The van der Waals surface area contributed by atoms with Crippen molar-refractivity contribution in [1.82, 2.24) is 68.9 Å². The average Bonchev–Trinajstić information content (AvgIpc) is 4.19. The summed E-state index contributed by atoms with van der Waals surface area (Å²) in [6.45, 7) is 4.04. The van der Waals surface area contributed by atoms with E-state index in [4.69, 9.17) is 9.97 Å². The number of aryl methyl sites for hydroxylation is 2. The SMILES string of the molecule is CN(C)c1cccc(Nc2cc(C3CCCNC3)nc3c(-c4cnn(C)c4)cnn23)c1.Cn1cc(-c2cnn3c(Nc4ccc(-n5ccnc5)cc4)cc(C4CCCNC4)nc23)cn1. The van der Waals surface area contributed by atoms with E-state index in [1.165, 1.54) is 6.42 Å². The molecule has 0 saturated carbocycles. The van der Waals surface area contributed by atoms with Gasteiger partial charge in [0.15, 0.2) is 11.3 Å². The first-order chi connectivity index (χ1) is 31.3. The van der Waals surface area contributed by atoms with Crippen LogP contribution in [0.25, 0.3) is 39.2 Å². The lowest BCUT2D eigenvalue weighted by Crippen LogP contribution is -2.29. The normalized spacial score (nSPS) is 16.4. The molecular formula is C47H53N17. The summed E-state index contributed by atoms with van der Waals surface area (Å²) >= 11 is 0. The maximum absolute atomic E-state index is 5.07. The second-order valence-electron chi connectivity index (χ2n) is 16.8. The van der Waals surface area contributed by atoms with E-state index < -0.39 is 0 Å². The minimum atomic E-state index is 0.379. The maximum atomic E-state index is 5.07. The monoisotopic (exact) mass is 855 g/mol. The van der Waals surface area contributed by atoms with Crippen molar-refractivity contribution in [2.45, 2.75) is 37.5 Å². The molecule has 2 aliphatic rings. The molecule has 17 heteroatoms.